The van der Waals surface area contributed by atoms with E-state index in [1.54, 1.807) is 19.0 Å². The highest BCUT2D eigenvalue weighted by atomic mass is 16.2. The van der Waals surface area contributed by atoms with Crippen molar-refractivity contribution >= 4 is 22.8 Å². The Morgan fingerprint density at radius 2 is 2.19 bits per heavy atom. The number of para-hydroxylation sites is 1. The fourth-order valence-corrected chi connectivity index (χ4v) is 3.26. The molecule has 1 aromatic heterocycles. The van der Waals surface area contributed by atoms with Crippen molar-refractivity contribution in [1.29, 1.82) is 0 Å². The molecule has 1 aliphatic rings. The molecule has 2 atom stereocenters. The van der Waals surface area contributed by atoms with E-state index in [9.17, 15) is 4.79 Å². The minimum Gasteiger partial charge on any atom is -0.354 e. The minimum atomic E-state index is 0.00673. The van der Waals surface area contributed by atoms with Crippen LogP contribution in [0.4, 0.5) is 0 Å². The number of carbonyl (C=O) groups excluding carboxylic acids is 1. The van der Waals surface area contributed by atoms with Gasteiger partial charge in [-0.15, -0.1) is 0 Å². The van der Waals surface area contributed by atoms with Crippen LogP contribution in [-0.4, -0.2) is 71.2 Å². The van der Waals surface area contributed by atoms with Gasteiger partial charge in [0, 0.05) is 38.6 Å². The highest BCUT2D eigenvalue weighted by Gasteiger charge is 2.28. The molecule has 1 N–H and O–H groups in total. The van der Waals surface area contributed by atoms with E-state index in [4.69, 9.17) is 0 Å². The summed E-state index contributed by atoms with van der Waals surface area (Å²) in [6, 6.07) is 8.92. The van der Waals surface area contributed by atoms with Crippen LogP contribution in [0.2, 0.25) is 0 Å². The number of aliphatic imine (C=N–C) groups is 1. The first kappa shape index (κ1) is 19.2. The maximum atomic E-state index is 12.0. The van der Waals surface area contributed by atoms with Gasteiger partial charge in [0.2, 0.25) is 5.91 Å². The number of likely N-dealkylation sites (N-methyl/N-ethyl adjacent to an activating group) is 1. The maximum Gasteiger partial charge on any atom is 0.243 e. The number of aromatic nitrogens is 2. The minimum absolute atomic E-state index is 0.00673. The van der Waals surface area contributed by atoms with Gasteiger partial charge in [0.1, 0.15) is 6.54 Å². The van der Waals surface area contributed by atoms with Crippen molar-refractivity contribution in [2.24, 2.45) is 4.99 Å². The lowest BCUT2D eigenvalue weighted by Gasteiger charge is -2.25. The van der Waals surface area contributed by atoms with E-state index in [2.05, 4.69) is 57.0 Å². The summed E-state index contributed by atoms with van der Waals surface area (Å²) in [5, 5.41) is 9.26. The molecule has 2 unspecified atom stereocenters. The number of likely N-dealkylation sites (tertiary alicyclic amines) is 1. The molecule has 1 amide bonds. The number of amides is 1. The second-order valence-electron chi connectivity index (χ2n) is 7.42. The monoisotopic (exact) mass is 370 g/mol. The van der Waals surface area contributed by atoms with Crippen molar-refractivity contribution in [1.82, 2.24) is 24.9 Å². The van der Waals surface area contributed by atoms with Crippen molar-refractivity contribution < 1.29 is 4.79 Å². The summed E-state index contributed by atoms with van der Waals surface area (Å²) in [4.78, 5) is 20.4. The zero-order valence-corrected chi connectivity index (χ0v) is 16.7. The summed E-state index contributed by atoms with van der Waals surface area (Å²) in [7, 11) is 3.52. The topological polar surface area (TPSA) is 65.8 Å². The van der Waals surface area contributed by atoms with E-state index in [1.165, 1.54) is 10.9 Å². The summed E-state index contributed by atoms with van der Waals surface area (Å²) >= 11 is 0. The number of nitrogens with one attached hydrogen (secondary N) is 1. The lowest BCUT2D eigenvalue weighted by Crippen LogP contribution is -2.44. The van der Waals surface area contributed by atoms with E-state index < -0.39 is 0 Å². The molecule has 146 valence electrons. The van der Waals surface area contributed by atoms with Gasteiger partial charge in [-0.2, -0.15) is 5.10 Å². The highest BCUT2D eigenvalue weighted by Crippen LogP contribution is 2.25. The Balaban J connectivity index is 1.75. The molecule has 1 aromatic carbocycles. The zero-order valence-electron chi connectivity index (χ0n) is 16.7. The van der Waals surface area contributed by atoms with Gasteiger partial charge in [-0.3, -0.25) is 9.48 Å². The third-order valence-electron chi connectivity index (χ3n) is 5.16. The van der Waals surface area contributed by atoms with Crippen LogP contribution in [-0.2, 0) is 4.79 Å². The lowest BCUT2D eigenvalue weighted by atomic mass is 10.2. The number of nitrogens with zero attached hydrogens (tertiary/aromatic N) is 5. The molecule has 0 saturated carbocycles. The molecule has 27 heavy (non-hydrogen) atoms. The molecule has 0 radical (unpaired) electrons. The molecule has 1 saturated heterocycles. The second kappa shape index (κ2) is 8.41. The first-order valence-electron chi connectivity index (χ1n) is 9.68. The molecule has 2 aromatic rings. The normalized spacial score (nSPS) is 18.7. The first-order chi connectivity index (χ1) is 13.0. The van der Waals surface area contributed by atoms with E-state index in [1.807, 2.05) is 12.3 Å². The summed E-state index contributed by atoms with van der Waals surface area (Å²) in [5.41, 5.74) is 1.17. The van der Waals surface area contributed by atoms with E-state index in [-0.39, 0.29) is 12.5 Å². The third kappa shape index (κ3) is 4.40. The number of hydrogen-bond acceptors (Lipinski definition) is 3. The largest absolute Gasteiger partial charge is 0.354 e. The molecule has 0 aliphatic carbocycles. The average Bonchev–Trinajstić information content (AvgIpc) is 3.31. The quantitative estimate of drug-likeness (QED) is 0.647. The zero-order chi connectivity index (χ0) is 19.4. The second-order valence-corrected chi connectivity index (χ2v) is 7.42. The SMILES string of the molecule is CCC(C)NC(=NCC(=O)N(C)C)N1CCC(n2ncc3ccccc32)C1. The summed E-state index contributed by atoms with van der Waals surface area (Å²) < 4.78 is 2.13. The fourth-order valence-electron chi connectivity index (χ4n) is 3.26. The average molecular weight is 371 g/mol. The molecule has 0 spiro atoms. The van der Waals surface area contributed by atoms with Gasteiger partial charge in [-0.05, 0) is 25.8 Å². The Morgan fingerprint density at radius 3 is 2.93 bits per heavy atom. The van der Waals surface area contributed by atoms with E-state index in [0.29, 0.717) is 12.1 Å². The Morgan fingerprint density at radius 1 is 1.41 bits per heavy atom. The Labute approximate surface area is 161 Å². The predicted octanol–water partition coefficient (Wildman–Crippen LogP) is 2.12. The number of rotatable bonds is 5. The number of carbonyl (C=O) groups is 1. The molecular formula is C20H30N6O. The molecule has 0 bridgehead atoms. The van der Waals surface area contributed by atoms with Crippen LogP contribution in [0, 0.1) is 0 Å². The van der Waals surface area contributed by atoms with Gasteiger partial charge in [0.15, 0.2) is 5.96 Å². The molecule has 7 heteroatoms. The highest BCUT2D eigenvalue weighted by molar-refractivity contribution is 5.85. The van der Waals surface area contributed by atoms with Crippen LogP contribution >= 0.6 is 0 Å². The number of benzene rings is 1. The summed E-state index contributed by atoms with van der Waals surface area (Å²) in [6.07, 6.45) is 3.94. The van der Waals surface area contributed by atoms with Crippen molar-refractivity contribution in [3.05, 3.63) is 30.5 Å². The van der Waals surface area contributed by atoms with Crippen molar-refractivity contribution in [2.75, 3.05) is 33.7 Å². The van der Waals surface area contributed by atoms with Gasteiger partial charge >= 0.3 is 0 Å². The van der Waals surface area contributed by atoms with Gasteiger partial charge in [0.25, 0.3) is 0 Å². The lowest BCUT2D eigenvalue weighted by molar-refractivity contribution is -0.127. The molecule has 3 rings (SSSR count). The van der Waals surface area contributed by atoms with Crippen molar-refractivity contribution in [3.8, 4) is 0 Å². The van der Waals surface area contributed by atoms with Gasteiger partial charge < -0.3 is 15.1 Å². The first-order valence-corrected chi connectivity index (χ1v) is 9.68. The predicted molar refractivity (Wildman–Crippen MR) is 109 cm³/mol. The Kier molecular flexibility index (Phi) is 5.98. The molecule has 1 fully saturated rings. The maximum absolute atomic E-state index is 12.0. The molecule has 1 aliphatic heterocycles. The number of hydrogen-bond donors (Lipinski definition) is 1. The smallest absolute Gasteiger partial charge is 0.243 e. The van der Waals surface area contributed by atoms with Crippen LogP contribution in [0.25, 0.3) is 10.9 Å². The summed E-state index contributed by atoms with van der Waals surface area (Å²) in [6.45, 7) is 6.18. The van der Waals surface area contributed by atoms with Gasteiger partial charge in [-0.25, -0.2) is 4.99 Å². The number of guanidine groups is 1. The molecule has 2 heterocycles. The molecular weight excluding hydrogens is 340 g/mol. The van der Waals surface area contributed by atoms with Crippen LogP contribution in [0.3, 0.4) is 0 Å². The summed E-state index contributed by atoms with van der Waals surface area (Å²) in [5.74, 6) is 0.825. The van der Waals surface area contributed by atoms with Crippen LogP contribution in [0.15, 0.2) is 35.5 Å². The Hall–Kier alpha value is -2.57. The van der Waals surface area contributed by atoms with E-state index >= 15 is 0 Å². The van der Waals surface area contributed by atoms with Crippen LogP contribution in [0.1, 0.15) is 32.7 Å². The van der Waals surface area contributed by atoms with Crippen molar-refractivity contribution in [3.63, 3.8) is 0 Å². The third-order valence-corrected chi connectivity index (χ3v) is 5.16. The Bertz CT molecular complexity index is 812. The fraction of sp³-hybridized carbons (Fsp3) is 0.550. The van der Waals surface area contributed by atoms with Crippen molar-refractivity contribution in [2.45, 2.75) is 38.8 Å². The standard InChI is InChI=1S/C20H30N6O/c1-5-15(2)23-20(21-13-19(27)24(3)4)25-11-10-17(14-25)26-18-9-7-6-8-16(18)12-22-26/h6-9,12,15,17H,5,10-11,13-14H2,1-4H3,(H,21,23). The van der Waals surface area contributed by atoms with Gasteiger partial charge in [-0.1, -0.05) is 25.1 Å². The van der Waals surface area contributed by atoms with Crippen LogP contribution < -0.4 is 5.32 Å². The molecule has 7 nitrogen and oxygen atoms in total. The van der Waals surface area contributed by atoms with E-state index in [0.717, 1.165) is 31.9 Å². The number of fused-ring (bicyclic) bond motifs is 1. The van der Waals surface area contributed by atoms with Crippen LogP contribution in [0.5, 0.6) is 0 Å². The van der Waals surface area contributed by atoms with Gasteiger partial charge in [0.05, 0.1) is 17.8 Å².